The van der Waals surface area contributed by atoms with Crippen molar-refractivity contribution < 1.29 is 13.2 Å². The summed E-state index contributed by atoms with van der Waals surface area (Å²) in [5.41, 5.74) is 5.20. The Bertz CT molecular complexity index is 795. The fourth-order valence-corrected chi connectivity index (χ4v) is 1.82. The van der Waals surface area contributed by atoms with Crippen LogP contribution in [0.25, 0.3) is 5.78 Å². The molecule has 7 nitrogen and oxygen atoms in total. The maximum absolute atomic E-state index is 12.8. The van der Waals surface area contributed by atoms with Crippen molar-refractivity contribution >= 4 is 17.4 Å². The third-order valence-electron chi connectivity index (χ3n) is 2.86. The van der Waals surface area contributed by atoms with Gasteiger partial charge in [0.05, 0.1) is 0 Å². The Morgan fingerprint density at radius 2 is 2.05 bits per heavy atom. The van der Waals surface area contributed by atoms with Crippen LogP contribution in [0.1, 0.15) is 11.3 Å². The molecule has 0 saturated heterocycles. The molecule has 0 radical (unpaired) electrons. The van der Waals surface area contributed by atoms with E-state index in [0.717, 1.165) is 18.0 Å². The predicted octanol–water partition coefficient (Wildman–Crippen LogP) is 1.73. The molecule has 3 rings (SSSR count). The monoisotopic (exact) mass is 309 g/mol. The van der Waals surface area contributed by atoms with Gasteiger partial charge in [0.25, 0.3) is 5.78 Å². The first-order chi connectivity index (χ1) is 10.4. The second-order valence-electron chi connectivity index (χ2n) is 4.44. The number of nitrogen functional groups attached to an aromatic ring is 1. The number of halogens is 3. The molecule has 0 amide bonds. The highest BCUT2D eigenvalue weighted by Gasteiger charge is 2.34. The van der Waals surface area contributed by atoms with Crippen LogP contribution >= 0.6 is 0 Å². The number of fused-ring (bicyclic) bond motifs is 1. The topological polar surface area (TPSA) is 94.0 Å². The third kappa shape index (κ3) is 2.75. The normalized spacial score (nSPS) is 11.8. The fraction of sp³-hybridized carbons (Fsp3) is 0.167. The summed E-state index contributed by atoms with van der Waals surface area (Å²) in [6.45, 7) is 0.254. The maximum Gasteiger partial charge on any atom is 0.433 e. The Morgan fingerprint density at radius 1 is 1.23 bits per heavy atom. The van der Waals surface area contributed by atoms with Crippen molar-refractivity contribution in [2.24, 2.45) is 0 Å². The van der Waals surface area contributed by atoms with Gasteiger partial charge in [0.15, 0.2) is 5.69 Å². The summed E-state index contributed by atoms with van der Waals surface area (Å²) in [5.74, 6) is 0.366. The van der Waals surface area contributed by atoms with Gasteiger partial charge < -0.3 is 11.1 Å². The van der Waals surface area contributed by atoms with E-state index in [4.69, 9.17) is 5.73 Å². The van der Waals surface area contributed by atoms with Crippen molar-refractivity contribution in [2.45, 2.75) is 12.7 Å². The quantitative estimate of drug-likeness (QED) is 0.765. The van der Waals surface area contributed by atoms with Crippen molar-refractivity contribution in [1.82, 2.24) is 24.6 Å². The minimum Gasteiger partial charge on any atom is -0.384 e. The fourth-order valence-electron chi connectivity index (χ4n) is 1.82. The number of aromatic nitrogens is 5. The van der Waals surface area contributed by atoms with Crippen LogP contribution in [0.5, 0.6) is 0 Å². The summed E-state index contributed by atoms with van der Waals surface area (Å²) in [6.07, 6.45) is -1.89. The van der Waals surface area contributed by atoms with Gasteiger partial charge in [0.1, 0.15) is 18.0 Å². The first-order valence-electron chi connectivity index (χ1n) is 6.16. The van der Waals surface area contributed by atoms with Crippen LogP contribution in [0.4, 0.5) is 24.8 Å². The Hall–Kier alpha value is -2.91. The third-order valence-corrected chi connectivity index (χ3v) is 2.86. The number of anilines is 2. The minimum atomic E-state index is -4.56. The molecule has 3 N–H and O–H groups in total. The van der Waals surface area contributed by atoms with Crippen molar-refractivity contribution in [1.29, 1.82) is 0 Å². The van der Waals surface area contributed by atoms with Gasteiger partial charge in [-0.25, -0.2) is 9.97 Å². The van der Waals surface area contributed by atoms with Crippen molar-refractivity contribution in [3.63, 3.8) is 0 Å². The standard InChI is InChI=1S/C12H10F3N7/c13-12(14,15)8-3-10(22-11(21-8)19-6-20-22)18-5-7-1-2-9(16)17-4-7/h1-4,6,18H,5H2,(H2,16,17). The van der Waals surface area contributed by atoms with E-state index >= 15 is 0 Å². The highest BCUT2D eigenvalue weighted by atomic mass is 19.4. The number of nitrogens with two attached hydrogens (primary N) is 1. The first kappa shape index (κ1) is 14.0. The molecule has 0 aliphatic carbocycles. The van der Waals surface area contributed by atoms with Crippen LogP contribution in [0.3, 0.4) is 0 Å². The summed E-state index contributed by atoms with van der Waals surface area (Å²) >= 11 is 0. The van der Waals surface area contributed by atoms with Crippen LogP contribution in [0.15, 0.2) is 30.7 Å². The predicted molar refractivity (Wildman–Crippen MR) is 71.8 cm³/mol. The molecule has 0 aromatic carbocycles. The zero-order chi connectivity index (χ0) is 15.7. The summed E-state index contributed by atoms with van der Waals surface area (Å²) in [7, 11) is 0. The van der Waals surface area contributed by atoms with E-state index < -0.39 is 11.9 Å². The zero-order valence-electron chi connectivity index (χ0n) is 11.0. The second-order valence-corrected chi connectivity index (χ2v) is 4.44. The van der Waals surface area contributed by atoms with Gasteiger partial charge in [-0.15, -0.1) is 0 Å². The van der Waals surface area contributed by atoms with Crippen molar-refractivity contribution in [3.05, 3.63) is 42.0 Å². The van der Waals surface area contributed by atoms with E-state index in [1.165, 1.54) is 10.7 Å². The van der Waals surface area contributed by atoms with Crippen LogP contribution in [-0.4, -0.2) is 24.6 Å². The number of pyridine rings is 1. The zero-order valence-corrected chi connectivity index (χ0v) is 11.0. The van der Waals surface area contributed by atoms with Crippen LogP contribution in [-0.2, 0) is 12.7 Å². The van der Waals surface area contributed by atoms with Gasteiger partial charge in [0, 0.05) is 18.8 Å². The summed E-state index contributed by atoms with van der Waals surface area (Å²) < 4.78 is 39.7. The molecule has 0 unspecified atom stereocenters. The molecule has 114 valence electrons. The highest BCUT2D eigenvalue weighted by Crippen LogP contribution is 2.29. The van der Waals surface area contributed by atoms with E-state index in [1.54, 1.807) is 12.1 Å². The lowest BCUT2D eigenvalue weighted by molar-refractivity contribution is -0.141. The van der Waals surface area contributed by atoms with Crippen LogP contribution < -0.4 is 11.1 Å². The van der Waals surface area contributed by atoms with Crippen LogP contribution in [0, 0.1) is 0 Å². The van der Waals surface area contributed by atoms with Gasteiger partial charge >= 0.3 is 6.18 Å². The smallest absolute Gasteiger partial charge is 0.384 e. The van der Waals surface area contributed by atoms with Gasteiger partial charge in [0.2, 0.25) is 0 Å². The summed E-state index contributed by atoms with van der Waals surface area (Å²) in [4.78, 5) is 11.0. The molecule has 0 spiro atoms. The van der Waals surface area contributed by atoms with E-state index in [1.807, 2.05) is 0 Å². The number of hydrogen-bond acceptors (Lipinski definition) is 6. The Balaban J connectivity index is 1.92. The summed E-state index contributed by atoms with van der Waals surface area (Å²) in [5, 5.41) is 6.71. The lowest BCUT2D eigenvalue weighted by Gasteiger charge is -2.11. The molecule has 0 fully saturated rings. The summed E-state index contributed by atoms with van der Waals surface area (Å²) in [6, 6.07) is 4.21. The number of rotatable bonds is 3. The average Bonchev–Trinajstić information content (AvgIpc) is 2.94. The lowest BCUT2D eigenvalue weighted by Crippen LogP contribution is -2.13. The molecule has 0 aliphatic rings. The van der Waals surface area contributed by atoms with E-state index in [0.29, 0.717) is 5.82 Å². The molecule has 0 aliphatic heterocycles. The SMILES string of the molecule is Nc1ccc(CNc2cc(C(F)(F)F)nc3ncnn23)cn1. The molecular formula is C12H10F3N7. The van der Waals surface area contributed by atoms with Crippen molar-refractivity contribution in [2.75, 3.05) is 11.1 Å². The van der Waals surface area contributed by atoms with Gasteiger partial charge in [-0.2, -0.15) is 27.8 Å². The average molecular weight is 309 g/mol. The number of alkyl halides is 3. The minimum absolute atomic E-state index is 0.131. The number of nitrogens with zero attached hydrogens (tertiary/aromatic N) is 5. The van der Waals surface area contributed by atoms with Gasteiger partial charge in [-0.3, -0.25) is 0 Å². The Morgan fingerprint density at radius 3 is 2.73 bits per heavy atom. The van der Waals surface area contributed by atoms with E-state index in [9.17, 15) is 13.2 Å². The largest absolute Gasteiger partial charge is 0.433 e. The molecule has 0 bridgehead atoms. The molecule has 0 saturated carbocycles. The molecule has 22 heavy (non-hydrogen) atoms. The molecule has 3 heterocycles. The van der Waals surface area contributed by atoms with Crippen LogP contribution in [0.2, 0.25) is 0 Å². The number of hydrogen-bond donors (Lipinski definition) is 2. The highest BCUT2D eigenvalue weighted by molar-refractivity contribution is 5.46. The van der Waals surface area contributed by atoms with Gasteiger partial charge in [-0.1, -0.05) is 6.07 Å². The molecule has 0 atom stereocenters. The van der Waals surface area contributed by atoms with E-state index in [-0.39, 0.29) is 18.1 Å². The second kappa shape index (κ2) is 5.13. The maximum atomic E-state index is 12.8. The Labute approximate surface area is 122 Å². The molecule has 3 aromatic rings. The van der Waals surface area contributed by atoms with Gasteiger partial charge in [-0.05, 0) is 11.6 Å². The number of nitrogens with one attached hydrogen (secondary N) is 1. The first-order valence-corrected chi connectivity index (χ1v) is 6.16. The Kier molecular flexibility index (Phi) is 3.28. The van der Waals surface area contributed by atoms with Crippen molar-refractivity contribution in [3.8, 4) is 0 Å². The molecular weight excluding hydrogens is 299 g/mol. The lowest BCUT2D eigenvalue weighted by atomic mass is 10.3. The van der Waals surface area contributed by atoms with E-state index in [2.05, 4.69) is 25.4 Å². The molecule has 3 aromatic heterocycles. The molecule has 10 heteroatoms.